The third kappa shape index (κ3) is 1.36. The molecule has 0 amide bonds. The lowest BCUT2D eigenvalue weighted by atomic mass is 9.87. The molecule has 1 heteroatoms. The van der Waals surface area contributed by atoms with E-state index >= 15 is 0 Å². The van der Waals surface area contributed by atoms with Gasteiger partial charge in [-0.2, -0.15) is 0 Å². The number of hydrogen-bond acceptors (Lipinski definition) is 1. The van der Waals surface area contributed by atoms with E-state index in [-0.39, 0.29) is 0 Å². The predicted molar refractivity (Wildman–Crippen MR) is 67.6 cm³/mol. The summed E-state index contributed by atoms with van der Waals surface area (Å²) in [6.07, 6.45) is 2.85. The number of hydrogen-bond donors (Lipinski definition) is 0. The average molecular weight is 220 g/mol. The standard InChI is InChI=1S/C16H12O/c1-2-6-11(7-3-1)14-10-15-16(17-15)13-9-5-4-8-12(13)14/h1-10,15-16H/t15-,16+/m1/s1. The first-order valence-electron chi connectivity index (χ1n) is 5.95. The highest BCUT2D eigenvalue weighted by atomic mass is 16.6. The van der Waals surface area contributed by atoms with Crippen molar-refractivity contribution in [2.24, 2.45) is 0 Å². The van der Waals surface area contributed by atoms with E-state index in [1.54, 1.807) is 0 Å². The molecule has 0 N–H and O–H groups in total. The Kier molecular flexibility index (Phi) is 1.79. The maximum Gasteiger partial charge on any atom is 0.114 e. The molecule has 1 saturated heterocycles. The minimum atomic E-state index is 0.292. The number of fused-ring (bicyclic) bond motifs is 3. The van der Waals surface area contributed by atoms with Gasteiger partial charge in [-0.25, -0.2) is 0 Å². The fourth-order valence-corrected chi connectivity index (χ4v) is 2.61. The number of benzene rings is 2. The van der Waals surface area contributed by atoms with Gasteiger partial charge in [0.15, 0.2) is 0 Å². The van der Waals surface area contributed by atoms with Crippen molar-refractivity contribution in [2.45, 2.75) is 12.2 Å². The summed E-state index contributed by atoms with van der Waals surface area (Å²) >= 11 is 0. The summed E-state index contributed by atoms with van der Waals surface area (Å²) in [5, 5.41) is 0. The summed E-state index contributed by atoms with van der Waals surface area (Å²) in [6, 6.07) is 19.1. The first-order valence-corrected chi connectivity index (χ1v) is 5.95. The van der Waals surface area contributed by atoms with Gasteiger partial charge in [-0.15, -0.1) is 0 Å². The molecule has 0 unspecified atom stereocenters. The van der Waals surface area contributed by atoms with Gasteiger partial charge in [0.2, 0.25) is 0 Å². The maximum atomic E-state index is 5.68. The zero-order valence-electron chi connectivity index (χ0n) is 9.34. The Labute approximate surface area is 100 Å². The molecular weight excluding hydrogens is 208 g/mol. The predicted octanol–water partition coefficient (Wildman–Crippen LogP) is 3.57. The van der Waals surface area contributed by atoms with Crippen molar-refractivity contribution in [3.63, 3.8) is 0 Å². The van der Waals surface area contributed by atoms with Crippen LogP contribution in [0.3, 0.4) is 0 Å². The molecule has 2 aromatic carbocycles. The molecule has 1 aliphatic heterocycles. The van der Waals surface area contributed by atoms with Crippen LogP contribution in [0, 0.1) is 0 Å². The normalized spacial score (nSPS) is 24.6. The highest BCUT2D eigenvalue weighted by molar-refractivity contribution is 5.84. The molecule has 0 radical (unpaired) electrons. The van der Waals surface area contributed by atoms with Gasteiger partial charge in [0.05, 0.1) is 0 Å². The van der Waals surface area contributed by atoms with Gasteiger partial charge in [0.25, 0.3) is 0 Å². The summed E-state index contributed by atoms with van der Waals surface area (Å²) in [5.74, 6) is 0. The minimum absolute atomic E-state index is 0.292. The second-order valence-corrected chi connectivity index (χ2v) is 4.55. The number of epoxide rings is 1. The molecule has 2 atom stereocenters. The molecule has 4 rings (SSSR count). The van der Waals surface area contributed by atoms with E-state index in [4.69, 9.17) is 4.74 Å². The van der Waals surface area contributed by atoms with E-state index in [1.165, 1.54) is 22.3 Å². The Morgan fingerprint density at radius 3 is 2.47 bits per heavy atom. The minimum Gasteiger partial charge on any atom is -0.360 e. The Bertz CT molecular complexity index is 598. The molecular formula is C16H12O. The molecule has 0 bridgehead atoms. The van der Waals surface area contributed by atoms with E-state index < -0.39 is 0 Å². The quantitative estimate of drug-likeness (QED) is 0.669. The highest BCUT2D eigenvalue weighted by Gasteiger charge is 2.43. The van der Waals surface area contributed by atoms with E-state index in [2.05, 4.69) is 60.7 Å². The SMILES string of the molecule is C1=C(c2ccccc2)c2ccccc2[C@@H]2O[C@H]12. The van der Waals surface area contributed by atoms with Gasteiger partial charge in [0, 0.05) is 0 Å². The lowest BCUT2D eigenvalue weighted by molar-refractivity contribution is 0.395. The van der Waals surface area contributed by atoms with Crippen molar-refractivity contribution in [3.8, 4) is 0 Å². The molecule has 2 aromatic rings. The largest absolute Gasteiger partial charge is 0.360 e. The molecule has 17 heavy (non-hydrogen) atoms. The van der Waals surface area contributed by atoms with Crippen LogP contribution in [-0.2, 0) is 4.74 Å². The van der Waals surface area contributed by atoms with Crippen LogP contribution < -0.4 is 0 Å². The second-order valence-electron chi connectivity index (χ2n) is 4.55. The van der Waals surface area contributed by atoms with Gasteiger partial charge in [-0.05, 0) is 28.3 Å². The van der Waals surface area contributed by atoms with Crippen LogP contribution in [0.4, 0.5) is 0 Å². The van der Waals surface area contributed by atoms with Crippen LogP contribution >= 0.6 is 0 Å². The van der Waals surface area contributed by atoms with E-state index in [9.17, 15) is 0 Å². The molecule has 1 heterocycles. The summed E-state index contributed by atoms with van der Waals surface area (Å²) in [5.41, 5.74) is 5.23. The third-order valence-corrected chi connectivity index (χ3v) is 3.50. The lowest BCUT2D eigenvalue weighted by Crippen LogP contribution is -2.01. The molecule has 0 spiro atoms. The Morgan fingerprint density at radius 1 is 0.824 bits per heavy atom. The van der Waals surface area contributed by atoms with Crippen LogP contribution in [0.15, 0.2) is 60.7 Å². The smallest absolute Gasteiger partial charge is 0.114 e. The van der Waals surface area contributed by atoms with Crippen molar-refractivity contribution < 1.29 is 4.74 Å². The number of ether oxygens (including phenoxy) is 1. The summed E-state index contributed by atoms with van der Waals surface area (Å²) < 4.78 is 5.68. The zero-order chi connectivity index (χ0) is 11.2. The monoisotopic (exact) mass is 220 g/mol. The topological polar surface area (TPSA) is 12.5 Å². The fraction of sp³-hybridized carbons (Fsp3) is 0.125. The van der Waals surface area contributed by atoms with Crippen LogP contribution in [-0.4, -0.2) is 6.10 Å². The zero-order valence-corrected chi connectivity index (χ0v) is 9.34. The highest BCUT2D eigenvalue weighted by Crippen LogP contribution is 2.48. The van der Waals surface area contributed by atoms with Crippen molar-refractivity contribution in [3.05, 3.63) is 77.4 Å². The van der Waals surface area contributed by atoms with Crippen LogP contribution in [0.2, 0.25) is 0 Å². The molecule has 1 fully saturated rings. The van der Waals surface area contributed by atoms with E-state index in [0.29, 0.717) is 12.2 Å². The first kappa shape index (κ1) is 9.20. The Morgan fingerprint density at radius 2 is 1.59 bits per heavy atom. The first-order chi connectivity index (χ1) is 8.43. The van der Waals surface area contributed by atoms with Crippen LogP contribution in [0.1, 0.15) is 22.8 Å². The fourth-order valence-electron chi connectivity index (χ4n) is 2.61. The summed E-state index contributed by atoms with van der Waals surface area (Å²) in [6.45, 7) is 0. The lowest BCUT2D eigenvalue weighted by Gasteiger charge is -2.15. The molecule has 0 saturated carbocycles. The molecule has 0 aromatic heterocycles. The summed E-state index contributed by atoms with van der Waals surface area (Å²) in [4.78, 5) is 0. The van der Waals surface area contributed by atoms with Crippen molar-refractivity contribution in [2.75, 3.05) is 0 Å². The van der Waals surface area contributed by atoms with Crippen molar-refractivity contribution in [1.82, 2.24) is 0 Å². The van der Waals surface area contributed by atoms with Gasteiger partial charge in [-0.3, -0.25) is 0 Å². The van der Waals surface area contributed by atoms with Crippen molar-refractivity contribution >= 4 is 5.57 Å². The molecule has 1 nitrogen and oxygen atoms in total. The van der Waals surface area contributed by atoms with E-state index in [0.717, 1.165) is 0 Å². The van der Waals surface area contributed by atoms with Gasteiger partial charge in [-0.1, -0.05) is 54.6 Å². The second kappa shape index (κ2) is 3.31. The molecule has 2 aliphatic rings. The molecule has 82 valence electrons. The van der Waals surface area contributed by atoms with Gasteiger partial charge >= 0.3 is 0 Å². The van der Waals surface area contributed by atoms with Crippen LogP contribution in [0.5, 0.6) is 0 Å². The van der Waals surface area contributed by atoms with Crippen LogP contribution in [0.25, 0.3) is 5.57 Å². The molecule has 1 aliphatic carbocycles. The maximum absolute atomic E-state index is 5.68. The Hall–Kier alpha value is -1.86. The summed E-state index contributed by atoms with van der Waals surface area (Å²) in [7, 11) is 0. The number of rotatable bonds is 1. The van der Waals surface area contributed by atoms with E-state index in [1.807, 2.05) is 0 Å². The Balaban J connectivity index is 1.92. The average Bonchev–Trinajstić information content (AvgIpc) is 3.18. The van der Waals surface area contributed by atoms with Gasteiger partial charge in [0.1, 0.15) is 12.2 Å². The van der Waals surface area contributed by atoms with Gasteiger partial charge < -0.3 is 4.74 Å². The third-order valence-electron chi connectivity index (χ3n) is 3.50. The van der Waals surface area contributed by atoms with Crippen molar-refractivity contribution in [1.29, 1.82) is 0 Å².